The van der Waals surface area contributed by atoms with Crippen molar-refractivity contribution in [3.63, 3.8) is 0 Å². The molecule has 1 amide bonds. The third-order valence-corrected chi connectivity index (χ3v) is 5.50. The van der Waals surface area contributed by atoms with Crippen LogP contribution >= 0.6 is 0 Å². The first-order valence-corrected chi connectivity index (χ1v) is 10.0. The minimum Gasteiger partial charge on any atom is -0.497 e. The van der Waals surface area contributed by atoms with Gasteiger partial charge in [0.1, 0.15) is 5.75 Å². The highest BCUT2D eigenvalue weighted by Crippen LogP contribution is 2.28. The zero-order chi connectivity index (χ0) is 20.1. The van der Waals surface area contributed by atoms with E-state index >= 15 is 0 Å². The van der Waals surface area contributed by atoms with E-state index in [1.165, 1.54) is 5.56 Å². The molecule has 1 fully saturated rings. The lowest BCUT2D eigenvalue weighted by Gasteiger charge is -2.38. The van der Waals surface area contributed by atoms with Gasteiger partial charge in [0.2, 0.25) is 0 Å². The lowest BCUT2D eigenvalue weighted by Crippen LogP contribution is -2.47. The van der Waals surface area contributed by atoms with Crippen molar-refractivity contribution in [1.29, 1.82) is 0 Å². The highest BCUT2D eigenvalue weighted by atomic mass is 16.5. The van der Waals surface area contributed by atoms with Crippen LogP contribution in [-0.4, -0.2) is 37.0 Å². The number of furan rings is 1. The lowest BCUT2D eigenvalue weighted by molar-refractivity contribution is 0.0958. The van der Waals surface area contributed by atoms with E-state index in [2.05, 4.69) is 4.90 Å². The van der Waals surface area contributed by atoms with Crippen LogP contribution in [0.5, 0.6) is 5.75 Å². The Morgan fingerprint density at radius 2 is 1.79 bits per heavy atom. The van der Waals surface area contributed by atoms with Crippen molar-refractivity contribution in [2.45, 2.75) is 25.4 Å². The van der Waals surface area contributed by atoms with E-state index in [0.29, 0.717) is 5.56 Å². The standard InChI is InChI=1S/C24H26N2O3/c1-28-23-9-7-21(8-10-23)26(24(27)20-5-3-2-4-6-20)22-11-14-25(15-12-22)17-19-13-16-29-18-19/h2-10,13,16,18,22H,11-12,14-15,17H2,1H3. The van der Waals surface area contributed by atoms with Crippen LogP contribution in [0.25, 0.3) is 0 Å². The summed E-state index contributed by atoms with van der Waals surface area (Å²) in [5.41, 5.74) is 2.81. The average Bonchev–Trinajstić information content (AvgIpc) is 3.29. The van der Waals surface area contributed by atoms with Crippen molar-refractivity contribution in [3.05, 3.63) is 84.3 Å². The summed E-state index contributed by atoms with van der Waals surface area (Å²) in [6, 6.07) is 19.5. The van der Waals surface area contributed by atoms with Crippen LogP contribution in [0.3, 0.4) is 0 Å². The molecule has 1 aliphatic rings. The Morgan fingerprint density at radius 1 is 1.07 bits per heavy atom. The van der Waals surface area contributed by atoms with Crippen molar-refractivity contribution >= 4 is 11.6 Å². The van der Waals surface area contributed by atoms with Crippen LogP contribution in [0.15, 0.2) is 77.6 Å². The van der Waals surface area contributed by atoms with E-state index in [9.17, 15) is 4.79 Å². The smallest absolute Gasteiger partial charge is 0.258 e. The summed E-state index contributed by atoms with van der Waals surface area (Å²) >= 11 is 0. The van der Waals surface area contributed by atoms with Crippen molar-refractivity contribution < 1.29 is 13.9 Å². The maximum Gasteiger partial charge on any atom is 0.258 e. The Kier molecular flexibility index (Phi) is 5.96. The summed E-state index contributed by atoms with van der Waals surface area (Å²) in [5.74, 6) is 0.833. The number of nitrogens with zero attached hydrogens (tertiary/aromatic N) is 2. The van der Waals surface area contributed by atoms with Crippen molar-refractivity contribution in [1.82, 2.24) is 4.90 Å². The summed E-state index contributed by atoms with van der Waals surface area (Å²) in [6.07, 6.45) is 5.38. The summed E-state index contributed by atoms with van der Waals surface area (Å²) < 4.78 is 10.5. The van der Waals surface area contributed by atoms with Crippen LogP contribution in [0.4, 0.5) is 5.69 Å². The molecule has 0 N–H and O–H groups in total. The second kappa shape index (κ2) is 8.97. The maximum atomic E-state index is 13.4. The van der Waals surface area contributed by atoms with E-state index in [-0.39, 0.29) is 11.9 Å². The molecule has 0 atom stereocenters. The van der Waals surface area contributed by atoms with Crippen molar-refractivity contribution in [2.24, 2.45) is 0 Å². The molecule has 1 saturated heterocycles. The molecule has 0 aliphatic carbocycles. The summed E-state index contributed by atoms with van der Waals surface area (Å²) in [4.78, 5) is 17.8. The number of anilines is 1. The van der Waals surface area contributed by atoms with Gasteiger partial charge in [0.25, 0.3) is 5.91 Å². The summed E-state index contributed by atoms with van der Waals surface area (Å²) in [6.45, 7) is 2.79. The highest BCUT2D eigenvalue weighted by Gasteiger charge is 2.30. The Bertz CT molecular complexity index is 899. The second-order valence-electron chi connectivity index (χ2n) is 7.38. The van der Waals surface area contributed by atoms with Crippen LogP contribution in [0.2, 0.25) is 0 Å². The molecule has 2 heterocycles. The fraction of sp³-hybridized carbons (Fsp3) is 0.292. The minimum atomic E-state index is 0.0454. The third-order valence-electron chi connectivity index (χ3n) is 5.50. The molecular formula is C24H26N2O3. The van der Waals surface area contributed by atoms with Gasteiger partial charge in [0.05, 0.1) is 19.6 Å². The molecular weight excluding hydrogens is 364 g/mol. The molecule has 0 radical (unpaired) electrons. The molecule has 3 aromatic rings. The van der Waals surface area contributed by atoms with E-state index in [1.54, 1.807) is 19.6 Å². The van der Waals surface area contributed by atoms with Gasteiger partial charge in [-0.2, -0.15) is 0 Å². The van der Waals surface area contributed by atoms with Gasteiger partial charge in [-0.25, -0.2) is 0 Å². The van der Waals surface area contributed by atoms with Gasteiger partial charge in [-0.3, -0.25) is 9.69 Å². The Balaban J connectivity index is 1.53. The van der Waals surface area contributed by atoms with Crippen molar-refractivity contribution in [3.8, 4) is 5.75 Å². The number of ether oxygens (including phenoxy) is 1. The van der Waals surface area contributed by atoms with Gasteiger partial charge >= 0.3 is 0 Å². The first-order valence-electron chi connectivity index (χ1n) is 10.0. The molecule has 0 saturated carbocycles. The molecule has 1 aromatic heterocycles. The number of methoxy groups -OCH3 is 1. The maximum absolute atomic E-state index is 13.4. The number of carbonyl (C=O) groups excluding carboxylic acids is 1. The van der Waals surface area contributed by atoms with Gasteiger partial charge in [-0.1, -0.05) is 18.2 Å². The van der Waals surface area contributed by atoms with E-state index in [0.717, 1.165) is 43.9 Å². The van der Waals surface area contributed by atoms with Gasteiger partial charge in [-0.15, -0.1) is 0 Å². The third kappa shape index (κ3) is 4.51. The van der Waals surface area contributed by atoms with E-state index < -0.39 is 0 Å². The summed E-state index contributed by atoms with van der Waals surface area (Å²) in [5, 5.41) is 0. The zero-order valence-electron chi connectivity index (χ0n) is 16.7. The SMILES string of the molecule is COc1ccc(N(C(=O)c2ccccc2)C2CCN(Cc3ccoc3)CC2)cc1. The monoisotopic (exact) mass is 390 g/mol. The van der Waals surface area contributed by atoms with E-state index in [4.69, 9.17) is 9.15 Å². The fourth-order valence-corrected chi connectivity index (χ4v) is 3.93. The quantitative estimate of drug-likeness (QED) is 0.617. The number of piperidine rings is 1. The van der Waals surface area contributed by atoms with Gasteiger partial charge in [0.15, 0.2) is 0 Å². The molecule has 0 spiro atoms. The largest absolute Gasteiger partial charge is 0.497 e. The Labute approximate surface area is 171 Å². The number of rotatable bonds is 6. The van der Waals surface area contributed by atoms with Crippen LogP contribution < -0.4 is 9.64 Å². The van der Waals surface area contributed by atoms with Crippen LogP contribution in [-0.2, 0) is 6.54 Å². The number of carbonyl (C=O) groups is 1. The molecule has 5 nitrogen and oxygen atoms in total. The first-order chi connectivity index (χ1) is 14.2. The highest BCUT2D eigenvalue weighted by molar-refractivity contribution is 6.06. The molecule has 29 heavy (non-hydrogen) atoms. The number of benzene rings is 2. The first kappa shape index (κ1) is 19.3. The minimum absolute atomic E-state index is 0.0454. The fourth-order valence-electron chi connectivity index (χ4n) is 3.93. The van der Waals surface area contributed by atoms with Gasteiger partial charge < -0.3 is 14.1 Å². The molecule has 150 valence electrons. The molecule has 1 aliphatic heterocycles. The van der Waals surface area contributed by atoms with E-state index in [1.807, 2.05) is 65.6 Å². The number of hydrogen-bond acceptors (Lipinski definition) is 4. The average molecular weight is 390 g/mol. The number of likely N-dealkylation sites (tertiary alicyclic amines) is 1. The van der Waals surface area contributed by atoms with Gasteiger partial charge in [0, 0.05) is 42.5 Å². The lowest BCUT2D eigenvalue weighted by atomic mass is 10.0. The van der Waals surface area contributed by atoms with Crippen LogP contribution in [0, 0.1) is 0 Å². The van der Waals surface area contributed by atoms with Crippen LogP contribution in [0.1, 0.15) is 28.8 Å². The van der Waals surface area contributed by atoms with Crippen molar-refractivity contribution in [2.75, 3.05) is 25.1 Å². The summed E-state index contributed by atoms with van der Waals surface area (Å²) in [7, 11) is 1.65. The zero-order valence-corrected chi connectivity index (χ0v) is 16.7. The molecule has 5 heteroatoms. The molecule has 0 bridgehead atoms. The van der Waals surface area contributed by atoms with Gasteiger partial charge in [-0.05, 0) is 55.3 Å². The number of amides is 1. The number of hydrogen-bond donors (Lipinski definition) is 0. The topological polar surface area (TPSA) is 45.9 Å². The second-order valence-corrected chi connectivity index (χ2v) is 7.38. The Hall–Kier alpha value is -3.05. The predicted octanol–water partition coefficient (Wildman–Crippen LogP) is 4.60. The molecule has 0 unspecified atom stereocenters. The molecule has 4 rings (SSSR count). The normalized spacial score (nSPS) is 15.2. The predicted molar refractivity (Wildman–Crippen MR) is 113 cm³/mol. The molecule has 2 aromatic carbocycles. The Morgan fingerprint density at radius 3 is 2.41 bits per heavy atom.